The van der Waals surface area contributed by atoms with Crippen molar-refractivity contribution in [2.45, 2.75) is 0 Å². The van der Waals surface area contributed by atoms with E-state index < -0.39 is 11.7 Å². The van der Waals surface area contributed by atoms with Crippen molar-refractivity contribution < 1.29 is 20.1 Å². The molecule has 6 aromatic rings. The molecule has 190 valence electrons. The maximum atomic E-state index is 12.4. The van der Waals surface area contributed by atoms with Gasteiger partial charge in [0.25, 0.3) is 0 Å². The number of carboxylic acid groups (broad SMARTS) is 1. The summed E-state index contributed by atoms with van der Waals surface area (Å²) in [5.74, 6) is -1.36. The maximum absolute atomic E-state index is 12.4. The van der Waals surface area contributed by atoms with Crippen LogP contribution in [0.25, 0.3) is 32.6 Å². The van der Waals surface area contributed by atoms with E-state index >= 15 is 0 Å². The Kier molecular flexibility index (Phi) is 5.65. The molecule has 0 unspecified atom stereocenters. The minimum absolute atomic E-state index is 0.00207. The lowest BCUT2D eigenvalue weighted by Gasteiger charge is -2.09. The number of aromatic amines is 2. The lowest BCUT2D eigenvalue weighted by Crippen LogP contribution is -2.02. The van der Waals surface area contributed by atoms with Gasteiger partial charge in [-0.15, -0.1) is 0 Å². The van der Waals surface area contributed by atoms with Crippen molar-refractivity contribution in [1.29, 1.82) is 0 Å². The lowest BCUT2D eigenvalue weighted by molar-refractivity contribution is 0.0699. The molecule has 0 saturated carbocycles. The van der Waals surface area contributed by atoms with Gasteiger partial charge in [-0.1, -0.05) is 60.7 Å². The van der Waals surface area contributed by atoms with Gasteiger partial charge in [0.05, 0.1) is 16.7 Å². The first kappa shape index (κ1) is 23.7. The van der Waals surface area contributed by atoms with Gasteiger partial charge in [-0.2, -0.15) is 0 Å². The van der Waals surface area contributed by atoms with Gasteiger partial charge in [-0.3, -0.25) is 9.98 Å². The van der Waals surface area contributed by atoms with Crippen molar-refractivity contribution in [2.75, 3.05) is 0 Å². The number of benzene rings is 5. The van der Waals surface area contributed by atoms with Crippen LogP contribution >= 0.6 is 0 Å². The minimum atomic E-state index is -1.32. The summed E-state index contributed by atoms with van der Waals surface area (Å²) in [5.41, 5.74) is 0.389. The Morgan fingerprint density at radius 3 is 1.90 bits per heavy atom. The molecule has 5 N–H and O–H groups in total. The van der Waals surface area contributed by atoms with Gasteiger partial charge in [-0.25, -0.2) is 9.59 Å². The van der Waals surface area contributed by atoms with E-state index in [9.17, 15) is 24.9 Å². The average Bonchev–Trinajstić information content (AvgIpc) is 3.30. The quantitative estimate of drug-likeness (QED) is 0.184. The predicted octanol–water partition coefficient (Wildman–Crippen LogP) is 5.77. The number of imidazole rings is 1. The summed E-state index contributed by atoms with van der Waals surface area (Å²) in [5, 5.41) is 34.5. The topological polar surface area (TPSA) is 151 Å². The number of phenolic OH excluding ortho intramolecular Hbond substituents is 2. The monoisotopic (exact) mass is 516 g/mol. The van der Waals surface area contributed by atoms with Crippen LogP contribution in [0.15, 0.2) is 93.6 Å². The summed E-state index contributed by atoms with van der Waals surface area (Å²) in [6, 6.07) is 23.0. The standard InChI is InChI=1S/C30H20N4O5/c35-24-11-9-16-5-1-3-7-18(16)20(24)14-31-22-13-23-28(34-30(39)33-23)26(29(37)38)27(22)32-15-21-19-8-4-2-6-17(19)10-12-25(21)36/h1-15,35-36H,(H,37,38)(H2,33,34,39). The number of carboxylic acids is 1. The van der Waals surface area contributed by atoms with Gasteiger partial charge >= 0.3 is 11.7 Å². The second-order valence-corrected chi connectivity index (χ2v) is 8.88. The maximum Gasteiger partial charge on any atom is 0.340 e. The zero-order chi connectivity index (χ0) is 27.1. The van der Waals surface area contributed by atoms with Gasteiger partial charge < -0.3 is 25.3 Å². The number of H-pyrrole nitrogens is 2. The SMILES string of the molecule is O=C(O)c1c(N=Cc2c(O)ccc3ccccc23)c(N=Cc2c(O)ccc3ccccc23)cc2[nH]c(=O)[nH]c12. The van der Waals surface area contributed by atoms with E-state index in [4.69, 9.17) is 0 Å². The molecule has 5 aromatic carbocycles. The van der Waals surface area contributed by atoms with Crippen LogP contribution in [0.2, 0.25) is 0 Å². The van der Waals surface area contributed by atoms with Crippen LogP contribution in [0.3, 0.4) is 0 Å². The summed E-state index contributed by atoms with van der Waals surface area (Å²) in [4.78, 5) is 38.6. The smallest absolute Gasteiger partial charge is 0.340 e. The third-order valence-electron chi connectivity index (χ3n) is 6.53. The third kappa shape index (κ3) is 4.17. The Morgan fingerprint density at radius 1 is 0.744 bits per heavy atom. The molecule has 39 heavy (non-hydrogen) atoms. The van der Waals surface area contributed by atoms with Crippen LogP contribution in [-0.4, -0.2) is 43.7 Å². The van der Waals surface area contributed by atoms with E-state index in [-0.39, 0.29) is 39.5 Å². The Morgan fingerprint density at radius 2 is 1.31 bits per heavy atom. The van der Waals surface area contributed by atoms with E-state index in [1.165, 1.54) is 24.6 Å². The summed E-state index contributed by atoms with van der Waals surface area (Å²) >= 11 is 0. The van der Waals surface area contributed by atoms with Crippen LogP contribution < -0.4 is 5.69 Å². The van der Waals surface area contributed by atoms with Gasteiger partial charge in [0, 0.05) is 23.6 Å². The molecule has 0 aliphatic rings. The lowest BCUT2D eigenvalue weighted by atomic mass is 10.0. The van der Waals surface area contributed by atoms with Crippen molar-refractivity contribution in [3.8, 4) is 11.5 Å². The van der Waals surface area contributed by atoms with Gasteiger partial charge in [-0.05, 0) is 39.7 Å². The fourth-order valence-corrected chi connectivity index (χ4v) is 4.69. The summed E-state index contributed by atoms with van der Waals surface area (Å²) in [7, 11) is 0. The first-order valence-corrected chi connectivity index (χ1v) is 11.9. The first-order chi connectivity index (χ1) is 18.9. The fraction of sp³-hybridized carbons (Fsp3) is 0. The van der Waals surface area contributed by atoms with Crippen molar-refractivity contribution in [2.24, 2.45) is 9.98 Å². The molecule has 1 heterocycles. The molecule has 9 nitrogen and oxygen atoms in total. The van der Waals surface area contributed by atoms with E-state index in [1.54, 1.807) is 18.2 Å². The molecular weight excluding hydrogens is 496 g/mol. The molecule has 0 amide bonds. The number of nitrogens with one attached hydrogen (secondary N) is 2. The van der Waals surface area contributed by atoms with Crippen molar-refractivity contribution >= 4 is 62.4 Å². The predicted molar refractivity (Wildman–Crippen MR) is 152 cm³/mol. The third-order valence-corrected chi connectivity index (χ3v) is 6.53. The highest BCUT2D eigenvalue weighted by Gasteiger charge is 2.21. The molecular formula is C30H20N4O5. The molecule has 0 atom stereocenters. The second-order valence-electron chi connectivity index (χ2n) is 8.88. The highest BCUT2D eigenvalue weighted by Crippen LogP contribution is 2.38. The second kappa shape index (κ2) is 9.31. The zero-order valence-corrected chi connectivity index (χ0v) is 20.2. The number of fused-ring (bicyclic) bond motifs is 3. The highest BCUT2D eigenvalue weighted by atomic mass is 16.4. The van der Waals surface area contributed by atoms with E-state index in [0.29, 0.717) is 11.1 Å². The molecule has 0 aliphatic heterocycles. The minimum Gasteiger partial charge on any atom is -0.507 e. The number of phenols is 2. The Hall–Kier alpha value is -5.70. The fourth-order valence-electron chi connectivity index (χ4n) is 4.69. The Bertz CT molecular complexity index is 2050. The van der Waals surface area contributed by atoms with Gasteiger partial charge in [0.15, 0.2) is 0 Å². The summed E-state index contributed by atoms with van der Waals surface area (Å²) < 4.78 is 0. The summed E-state index contributed by atoms with van der Waals surface area (Å²) in [6.45, 7) is 0. The van der Waals surface area contributed by atoms with Crippen molar-refractivity contribution in [3.63, 3.8) is 0 Å². The number of rotatable bonds is 5. The Balaban J connectivity index is 1.59. The molecule has 0 bridgehead atoms. The molecule has 0 aliphatic carbocycles. The number of hydrogen-bond acceptors (Lipinski definition) is 6. The van der Waals surface area contributed by atoms with Crippen LogP contribution in [0.4, 0.5) is 11.4 Å². The highest BCUT2D eigenvalue weighted by molar-refractivity contribution is 6.11. The number of aromatic hydroxyl groups is 2. The number of aromatic nitrogens is 2. The van der Waals surface area contributed by atoms with Gasteiger partial charge in [0.1, 0.15) is 22.7 Å². The van der Waals surface area contributed by atoms with Gasteiger partial charge in [0.2, 0.25) is 0 Å². The molecule has 0 fully saturated rings. The molecule has 0 radical (unpaired) electrons. The van der Waals surface area contributed by atoms with E-state index in [1.807, 2.05) is 48.5 Å². The first-order valence-electron chi connectivity index (χ1n) is 11.9. The molecule has 6 rings (SSSR count). The van der Waals surface area contributed by atoms with E-state index in [0.717, 1.165) is 21.5 Å². The normalized spacial score (nSPS) is 11.9. The molecule has 0 saturated heterocycles. The number of carbonyl (C=O) groups is 1. The van der Waals surface area contributed by atoms with E-state index in [2.05, 4.69) is 20.0 Å². The number of nitrogens with zero attached hydrogens (tertiary/aromatic N) is 2. The largest absolute Gasteiger partial charge is 0.507 e. The number of aromatic carboxylic acids is 1. The molecule has 0 spiro atoms. The van der Waals surface area contributed by atoms with Crippen LogP contribution in [0, 0.1) is 0 Å². The van der Waals surface area contributed by atoms with Crippen LogP contribution in [-0.2, 0) is 0 Å². The van der Waals surface area contributed by atoms with Crippen molar-refractivity contribution in [1.82, 2.24) is 9.97 Å². The average molecular weight is 517 g/mol. The van der Waals surface area contributed by atoms with Crippen LogP contribution in [0.1, 0.15) is 21.5 Å². The summed E-state index contributed by atoms with van der Waals surface area (Å²) in [6.07, 6.45) is 2.81. The van der Waals surface area contributed by atoms with Crippen LogP contribution in [0.5, 0.6) is 11.5 Å². The molecule has 1 aromatic heterocycles. The molecule has 9 heteroatoms. The Labute approximate surface area is 220 Å². The number of aliphatic imine (C=N–C) groups is 2. The van der Waals surface area contributed by atoms with Crippen molar-refractivity contribution in [3.05, 3.63) is 106 Å². The zero-order valence-electron chi connectivity index (χ0n) is 20.2. The number of hydrogen-bond donors (Lipinski definition) is 5.